The number of guanidine groups is 1. The van der Waals surface area contributed by atoms with Crippen LogP contribution in [0.4, 0.5) is 5.69 Å². The van der Waals surface area contributed by atoms with Crippen molar-refractivity contribution >= 4 is 11.6 Å². The van der Waals surface area contributed by atoms with E-state index in [1.807, 2.05) is 32.0 Å². The van der Waals surface area contributed by atoms with Gasteiger partial charge in [-0.15, -0.1) is 0 Å². The minimum absolute atomic E-state index is 0.326. The van der Waals surface area contributed by atoms with Crippen LogP contribution >= 0.6 is 0 Å². The van der Waals surface area contributed by atoms with Gasteiger partial charge in [0.2, 0.25) is 0 Å². The summed E-state index contributed by atoms with van der Waals surface area (Å²) in [4.78, 5) is 4.37. The molecule has 1 aliphatic heterocycles. The smallest absolute Gasteiger partial charge is 0.193 e. The van der Waals surface area contributed by atoms with Gasteiger partial charge in [0.1, 0.15) is 5.76 Å². The average molecular weight is 330 g/mol. The second-order valence-corrected chi connectivity index (χ2v) is 5.56. The van der Waals surface area contributed by atoms with Crippen molar-refractivity contribution < 1.29 is 14.0 Å². The Hall–Kier alpha value is -2.70. The number of aliphatic imine (C=N–C) groups is 1. The van der Waals surface area contributed by atoms with Gasteiger partial charge in [0.15, 0.2) is 17.5 Å². The lowest BCUT2D eigenvalue weighted by atomic mass is 10.1. The summed E-state index contributed by atoms with van der Waals surface area (Å²) >= 11 is 0. The van der Waals surface area contributed by atoms with Crippen LogP contribution in [0.2, 0.25) is 0 Å². The standard InChI is InChI=1S/C17H22N4O3/c1-3-14-13(11(2)24-21-14)10-19-17(18)20-12-5-6-15-16(9-12)23-8-4-7-22-15/h5-6,9H,3-4,7-8,10H2,1-2H3,(H3,18,19,20). The van der Waals surface area contributed by atoms with Crippen molar-refractivity contribution in [1.82, 2.24) is 5.16 Å². The fraction of sp³-hybridized carbons (Fsp3) is 0.412. The first-order chi connectivity index (χ1) is 11.7. The van der Waals surface area contributed by atoms with Gasteiger partial charge in [-0.25, -0.2) is 4.99 Å². The number of benzene rings is 1. The second-order valence-electron chi connectivity index (χ2n) is 5.56. The Morgan fingerprint density at radius 2 is 2.08 bits per heavy atom. The largest absolute Gasteiger partial charge is 0.490 e. The molecular formula is C17H22N4O3. The minimum atomic E-state index is 0.326. The van der Waals surface area contributed by atoms with Gasteiger partial charge in [-0.3, -0.25) is 0 Å². The quantitative estimate of drug-likeness (QED) is 0.661. The van der Waals surface area contributed by atoms with E-state index in [1.54, 1.807) is 0 Å². The summed E-state index contributed by atoms with van der Waals surface area (Å²) in [6.07, 6.45) is 1.68. The highest BCUT2D eigenvalue weighted by Gasteiger charge is 2.12. The number of aryl methyl sites for hydroxylation is 2. The molecule has 1 aromatic carbocycles. The number of rotatable bonds is 4. The van der Waals surface area contributed by atoms with E-state index in [9.17, 15) is 0 Å². The SMILES string of the molecule is CCc1noc(C)c1CN=C(N)Nc1ccc2c(c1)OCCCO2. The number of hydrogen-bond acceptors (Lipinski definition) is 5. The fourth-order valence-electron chi connectivity index (χ4n) is 2.51. The zero-order valence-corrected chi connectivity index (χ0v) is 14.0. The summed E-state index contributed by atoms with van der Waals surface area (Å²) < 4.78 is 16.5. The van der Waals surface area contributed by atoms with Crippen molar-refractivity contribution in [2.75, 3.05) is 18.5 Å². The van der Waals surface area contributed by atoms with Crippen molar-refractivity contribution in [3.63, 3.8) is 0 Å². The van der Waals surface area contributed by atoms with Crippen LogP contribution < -0.4 is 20.5 Å². The number of hydrogen-bond donors (Lipinski definition) is 2. The summed E-state index contributed by atoms with van der Waals surface area (Å²) in [6, 6.07) is 5.62. The maximum Gasteiger partial charge on any atom is 0.193 e. The van der Waals surface area contributed by atoms with Gasteiger partial charge in [-0.05, 0) is 25.5 Å². The second kappa shape index (κ2) is 7.25. The summed E-state index contributed by atoms with van der Waals surface area (Å²) in [5, 5.41) is 7.09. The summed E-state index contributed by atoms with van der Waals surface area (Å²) in [7, 11) is 0. The van der Waals surface area contributed by atoms with Crippen molar-refractivity contribution in [3.05, 3.63) is 35.2 Å². The zero-order valence-electron chi connectivity index (χ0n) is 14.0. The Morgan fingerprint density at radius 3 is 2.88 bits per heavy atom. The Bertz CT molecular complexity index is 739. The van der Waals surface area contributed by atoms with E-state index in [0.29, 0.717) is 31.5 Å². The van der Waals surface area contributed by atoms with E-state index in [-0.39, 0.29) is 0 Å². The van der Waals surface area contributed by atoms with E-state index in [0.717, 1.165) is 41.3 Å². The van der Waals surface area contributed by atoms with Crippen LogP contribution in [-0.2, 0) is 13.0 Å². The van der Waals surface area contributed by atoms with Crippen LogP contribution in [-0.4, -0.2) is 24.3 Å². The molecule has 0 spiro atoms. The van der Waals surface area contributed by atoms with E-state index in [2.05, 4.69) is 15.5 Å². The zero-order chi connectivity index (χ0) is 16.9. The normalized spacial score (nSPS) is 14.3. The molecule has 0 radical (unpaired) electrons. The first-order valence-corrected chi connectivity index (χ1v) is 8.08. The molecule has 3 N–H and O–H groups in total. The number of nitrogens with two attached hydrogens (primary N) is 1. The van der Waals surface area contributed by atoms with Gasteiger partial charge in [0.05, 0.1) is 25.5 Å². The van der Waals surface area contributed by atoms with E-state index >= 15 is 0 Å². The molecule has 0 saturated carbocycles. The third kappa shape index (κ3) is 3.61. The van der Waals surface area contributed by atoms with Crippen molar-refractivity contribution in [1.29, 1.82) is 0 Å². The van der Waals surface area contributed by atoms with Gasteiger partial charge in [0.25, 0.3) is 0 Å². The minimum Gasteiger partial charge on any atom is -0.490 e. The van der Waals surface area contributed by atoms with E-state index in [1.165, 1.54) is 0 Å². The van der Waals surface area contributed by atoms with Crippen molar-refractivity contribution in [3.8, 4) is 11.5 Å². The topological polar surface area (TPSA) is 94.9 Å². The van der Waals surface area contributed by atoms with Crippen LogP contribution in [0, 0.1) is 6.92 Å². The van der Waals surface area contributed by atoms with Crippen LogP contribution in [0.3, 0.4) is 0 Å². The molecular weight excluding hydrogens is 308 g/mol. The van der Waals surface area contributed by atoms with E-state index < -0.39 is 0 Å². The van der Waals surface area contributed by atoms with Crippen LogP contribution in [0.15, 0.2) is 27.7 Å². The Morgan fingerprint density at radius 1 is 1.29 bits per heavy atom. The molecule has 7 nitrogen and oxygen atoms in total. The van der Waals surface area contributed by atoms with Crippen LogP contribution in [0.5, 0.6) is 11.5 Å². The Labute approximate surface area is 140 Å². The molecule has 24 heavy (non-hydrogen) atoms. The first-order valence-electron chi connectivity index (χ1n) is 8.08. The molecule has 0 saturated heterocycles. The lowest BCUT2D eigenvalue weighted by Crippen LogP contribution is -2.22. The van der Waals surface area contributed by atoms with Crippen molar-refractivity contribution in [2.24, 2.45) is 10.7 Å². The molecule has 0 atom stereocenters. The first kappa shape index (κ1) is 16.2. The monoisotopic (exact) mass is 330 g/mol. The van der Waals surface area contributed by atoms with Crippen LogP contribution in [0.25, 0.3) is 0 Å². The van der Waals surface area contributed by atoms with Gasteiger partial charge < -0.3 is 25.0 Å². The summed E-state index contributed by atoms with van der Waals surface area (Å²) in [5.74, 6) is 2.57. The number of nitrogens with zero attached hydrogens (tertiary/aromatic N) is 2. The lowest BCUT2D eigenvalue weighted by molar-refractivity contribution is 0.297. The lowest BCUT2D eigenvalue weighted by Gasteiger charge is -2.10. The molecule has 2 aromatic rings. The molecule has 0 amide bonds. The molecule has 3 rings (SSSR count). The van der Waals surface area contributed by atoms with Crippen molar-refractivity contribution in [2.45, 2.75) is 33.2 Å². The predicted octanol–water partition coefficient (Wildman–Crippen LogP) is 2.63. The van der Waals surface area contributed by atoms with Gasteiger partial charge in [-0.1, -0.05) is 12.1 Å². The molecule has 1 aliphatic rings. The molecule has 128 valence electrons. The number of aromatic nitrogens is 1. The third-order valence-electron chi connectivity index (χ3n) is 3.83. The number of fused-ring (bicyclic) bond motifs is 1. The number of nitrogens with one attached hydrogen (secondary N) is 1. The maximum atomic E-state index is 5.99. The average Bonchev–Trinajstić information content (AvgIpc) is 2.78. The molecule has 7 heteroatoms. The van der Waals surface area contributed by atoms with Gasteiger partial charge >= 0.3 is 0 Å². The molecule has 0 unspecified atom stereocenters. The highest BCUT2D eigenvalue weighted by molar-refractivity contribution is 5.92. The highest BCUT2D eigenvalue weighted by Crippen LogP contribution is 2.32. The molecule has 0 aliphatic carbocycles. The van der Waals surface area contributed by atoms with Gasteiger partial charge in [-0.2, -0.15) is 0 Å². The number of anilines is 1. The molecule has 1 aromatic heterocycles. The summed E-state index contributed by atoms with van der Waals surface area (Å²) in [6.45, 7) is 5.66. The Balaban J connectivity index is 1.69. The maximum absolute atomic E-state index is 5.99. The highest BCUT2D eigenvalue weighted by atomic mass is 16.5. The molecule has 0 fully saturated rings. The number of ether oxygens (including phenoxy) is 2. The predicted molar refractivity (Wildman–Crippen MR) is 91.6 cm³/mol. The fourth-order valence-corrected chi connectivity index (χ4v) is 2.51. The molecule has 2 heterocycles. The summed E-state index contributed by atoms with van der Waals surface area (Å²) in [5.41, 5.74) is 8.69. The van der Waals surface area contributed by atoms with Crippen LogP contribution in [0.1, 0.15) is 30.4 Å². The van der Waals surface area contributed by atoms with E-state index in [4.69, 9.17) is 19.7 Å². The third-order valence-corrected chi connectivity index (χ3v) is 3.83. The molecule has 0 bridgehead atoms. The Kier molecular flexibility index (Phi) is 4.88. The van der Waals surface area contributed by atoms with Gasteiger partial charge in [0, 0.05) is 23.7 Å².